The number of sulfonamides is 1. The molecule has 0 amide bonds. The third-order valence-corrected chi connectivity index (χ3v) is 6.02. The fourth-order valence-electron chi connectivity index (χ4n) is 1.95. The molecule has 2 aromatic rings. The van der Waals surface area contributed by atoms with E-state index in [1.54, 1.807) is 10.8 Å². The third-order valence-electron chi connectivity index (χ3n) is 2.96. The Morgan fingerprint density at radius 3 is 2.76 bits per heavy atom. The minimum atomic E-state index is -3.57. The standard InChI is InChI=1S/C13H17BrN2O3S2/c1-2-3-16-7-13(5-11(16)8-17)21(18,19)15-6-12-4-10(14)9-20-12/h4-5,7,9,15,17H,2-3,6,8H2,1H3. The lowest BCUT2D eigenvalue weighted by Gasteiger charge is -2.04. The lowest BCUT2D eigenvalue weighted by Crippen LogP contribution is -2.22. The smallest absolute Gasteiger partial charge is 0.242 e. The van der Waals surface area contributed by atoms with Crippen LogP contribution in [0.15, 0.2) is 33.1 Å². The molecule has 0 saturated heterocycles. The monoisotopic (exact) mass is 392 g/mol. The van der Waals surface area contributed by atoms with Gasteiger partial charge in [-0.3, -0.25) is 0 Å². The van der Waals surface area contributed by atoms with Gasteiger partial charge in [0, 0.05) is 39.7 Å². The van der Waals surface area contributed by atoms with Crippen molar-refractivity contribution < 1.29 is 13.5 Å². The van der Waals surface area contributed by atoms with Crippen LogP contribution >= 0.6 is 27.3 Å². The summed E-state index contributed by atoms with van der Waals surface area (Å²) in [7, 11) is -3.57. The predicted octanol–water partition coefficient (Wildman–Crippen LogP) is 2.69. The van der Waals surface area contributed by atoms with Crippen LogP contribution < -0.4 is 4.72 Å². The van der Waals surface area contributed by atoms with Gasteiger partial charge in [0.25, 0.3) is 0 Å². The van der Waals surface area contributed by atoms with Gasteiger partial charge in [-0.25, -0.2) is 13.1 Å². The van der Waals surface area contributed by atoms with Crippen molar-refractivity contribution >= 4 is 37.3 Å². The molecule has 0 fully saturated rings. The number of aliphatic hydroxyl groups excluding tert-OH is 1. The number of nitrogens with zero attached hydrogens (tertiary/aromatic N) is 1. The fraction of sp³-hybridized carbons (Fsp3) is 0.385. The Kier molecular flexibility index (Phi) is 5.61. The van der Waals surface area contributed by atoms with Crippen LogP contribution in [0.25, 0.3) is 0 Å². The highest BCUT2D eigenvalue weighted by molar-refractivity contribution is 9.10. The average molecular weight is 393 g/mol. The van der Waals surface area contributed by atoms with Crippen LogP contribution in [0.3, 0.4) is 0 Å². The molecule has 0 bridgehead atoms. The maximum atomic E-state index is 12.3. The average Bonchev–Trinajstić information content (AvgIpc) is 3.04. The van der Waals surface area contributed by atoms with Gasteiger partial charge in [-0.2, -0.15) is 0 Å². The predicted molar refractivity (Wildman–Crippen MR) is 86.7 cm³/mol. The summed E-state index contributed by atoms with van der Waals surface area (Å²) in [5, 5.41) is 11.2. The zero-order valence-corrected chi connectivity index (χ0v) is 14.8. The van der Waals surface area contributed by atoms with Crippen LogP contribution in [0.4, 0.5) is 0 Å². The van der Waals surface area contributed by atoms with E-state index in [0.29, 0.717) is 12.2 Å². The van der Waals surface area contributed by atoms with E-state index in [9.17, 15) is 13.5 Å². The second-order valence-corrected chi connectivity index (χ2v) is 8.25. The molecular weight excluding hydrogens is 376 g/mol. The Morgan fingerprint density at radius 2 is 2.19 bits per heavy atom. The first-order valence-corrected chi connectivity index (χ1v) is 9.64. The zero-order valence-electron chi connectivity index (χ0n) is 11.5. The van der Waals surface area contributed by atoms with Gasteiger partial charge >= 0.3 is 0 Å². The molecule has 0 aliphatic heterocycles. The molecule has 0 unspecified atom stereocenters. The number of aromatic nitrogens is 1. The number of aliphatic hydroxyl groups is 1. The molecule has 0 aliphatic carbocycles. The molecule has 0 radical (unpaired) electrons. The van der Waals surface area contributed by atoms with E-state index in [2.05, 4.69) is 20.7 Å². The Hall–Kier alpha value is -0.670. The van der Waals surface area contributed by atoms with Gasteiger partial charge in [0.1, 0.15) is 0 Å². The first-order valence-electron chi connectivity index (χ1n) is 6.48. The zero-order chi connectivity index (χ0) is 15.5. The maximum Gasteiger partial charge on any atom is 0.242 e. The van der Waals surface area contributed by atoms with E-state index in [4.69, 9.17) is 0 Å². The highest BCUT2D eigenvalue weighted by atomic mass is 79.9. The van der Waals surface area contributed by atoms with Crippen molar-refractivity contribution in [1.29, 1.82) is 0 Å². The molecule has 0 saturated carbocycles. The highest BCUT2D eigenvalue weighted by Gasteiger charge is 2.18. The van der Waals surface area contributed by atoms with Gasteiger partial charge in [0.2, 0.25) is 10.0 Å². The topological polar surface area (TPSA) is 71.3 Å². The molecule has 2 heterocycles. The molecule has 0 aliphatic rings. The van der Waals surface area contributed by atoms with E-state index in [0.717, 1.165) is 15.8 Å². The van der Waals surface area contributed by atoms with Gasteiger partial charge in [-0.15, -0.1) is 11.3 Å². The molecule has 2 N–H and O–H groups in total. The summed E-state index contributed by atoms with van der Waals surface area (Å²) in [6, 6.07) is 3.40. The van der Waals surface area contributed by atoms with Gasteiger partial charge < -0.3 is 9.67 Å². The highest BCUT2D eigenvalue weighted by Crippen LogP contribution is 2.21. The lowest BCUT2D eigenvalue weighted by molar-refractivity contribution is 0.270. The summed E-state index contributed by atoms with van der Waals surface area (Å²) in [6.45, 7) is 2.77. The van der Waals surface area contributed by atoms with Gasteiger partial charge in [-0.1, -0.05) is 6.92 Å². The molecular formula is C13H17BrN2O3S2. The fourth-order valence-corrected chi connectivity index (χ4v) is 4.50. The number of halogens is 1. The first-order chi connectivity index (χ1) is 9.96. The minimum Gasteiger partial charge on any atom is -0.390 e. The summed E-state index contributed by atoms with van der Waals surface area (Å²) in [5.74, 6) is 0. The molecule has 21 heavy (non-hydrogen) atoms. The van der Waals surface area contributed by atoms with Crippen LogP contribution in [0.5, 0.6) is 0 Å². The molecule has 0 aromatic carbocycles. The van der Waals surface area contributed by atoms with E-state index < -0.39 is 10.0 Å². The molecule has 0 atom stereocenters. The molecule has 8 heteroatoms. The molecule has 2 aromatic heterocycles. The van der Waals surface area contributed by atoms with E-state index in [1.807, 2.05) is 18.4 Å². The van der Waals surface area contributed by atoms with Crippen LogP contribution in [-0.4, -0.2) is 18.1 Å². The van der Waals surface area contributed by atoms with Crippen molar-refractivity contribution in [2.75, 3.05) is 0 Å². The second kappa shape index (κ2) is 7.06. The van der Waals surface area contributed by atoms with E-state index in [1.165, 1.54) is 17.4 Å². The van der Waals surface area contributed by atoms with E-state index in [-0.39, 0.29) is 18.0 Å². The van der Waals surface area contributed by atoms with Crippen molar-refractivity contribution in [2.45, 2.75) is 37.9 Å². The van der Waals surface area contributed by atoms with Gasteiger partial charge in [-0.05, 0) is 34.5 Å². The van der Waals surface area contributed by atoms with Crippen molar-refractivity contribution in [2.24, 2.45) is 0 Å². The number of thiophene rings is 1. The van der Waals surface area contributed by atoms with Crippen LogP contribution in [0, 0.1) is 0 Å². The normalized spacial score (nSPS) is 12.0. The summed E-state index contributed by atoms with van der Waals surface area (Å²) >= 11 is 4.83. The first kappa shape index (κ1) is 16.7. The van der Waals surface area contributed by atoms with Crippen LogP contribution in [0.2, 0.25) is 0 Å². The summed E-state index contributed by atoms with van der Waals surface area (Å²) in [6.07, 6.45) is 2.44. The summed E-state index contributed by atoms with van der Waals surface area (Å²) in [4.78, 5) is 1.12. The van der Waals surface area contributed by atoms with Crippen LogP contribution in [0.1, 0.15) is 23.9 Å². The molecule has 2 rings (SSSR count). The van der Waals surface area contributed by atoms with Gasteiger partial charge in [0.15, 0.2) is 0 Å². The molecule has 5 nitrogen and oxygen atoms in total. The molecule has 0 spiro atoms. The van der Waals surface area contributed by atoms with Gasteiger partial charge in [0.05, 0.1) is 11.5 Å². The van der Waals surface area contributed by atoms with Crippen molar-refractivity contribution in [1.82, 2.24) is 9.29 Å². The maximum absolute atomic E-state index is 12.3. The van der Waals surface area contributed by atoms with E-state index >= 15 is 0 Å². The van der Waals surface area contributed by atoms with Crippen LogP contribution in [-0.2, 0) is 29.7 Å². The Morgan fingerprint density at radius 1 is 1.43 bits per heavy atom. The number of rotatable bonds is 7. The van der Waals surface area contributed by atoms with Crippen molar-refractivity contribution in [3.05, 3.63) is 38.8 Å². The number of hydrogen-bond acceptors (Lipinski definition) is 4. The number of nitrogens with one attached hydrogen (secondary N) is 1. The second-order valence-electron chi connectivity index (χ2n) is 4.57. The number of aryl methyl sites for hydroxylation is 1. The Balaban J connectivity index is 2.15. The Bertz CT molecular complexity index is 707. The summed E-state index contributed by atoms with van der Waals surface area (Å²) in [5.41, 5.74) is 0.607. The Labute approximate surface area is 136 Å². The van der Waals surface area contributed by atoms with Crippen molar-refractivity contribution in [3.8, 4) is 0 Å². The molecule has 116 valence electrons. The quantitative estimate of drug-likeness (QED) is 0.760. The largest absolute Gasteiger partial charge is 0.390 e. The van der Waals surface area contributed by atoms with Crippen molar-refractivity contribution in [3.63, 3.8) is 0 Å². The SMILES string of the molecule is CCCn1cc(S(=O)(=O)NCc2cc(Br)cs2)cc1CO. The lowest BCUT2D eigenvalue weighted by atomic mass is 10.4. The minimum absolute atomic E-state index is 0.173. The third kappa shape index (κ3) is 4.17. The summed E-state index contributed by atoms with van der Waals surface area (Å²) < 4.78 is 29.9. The number of hydrogen-bond donors (Lipinski definition) is 2.